The monoisotopic (exact) mass is 165 g/mol. The summed E-state index contributed by atoms with van der Waals surface area (Å²) in [7, 11) is 3.96. The average Bonchev–Trinajstić information content (AvgIpc) is 2.47. The third-order valence-electron chi connectivity index (χ3n) is 1.52. The Morgan fingerprint density at radius 2 is 2.25 bits per heavy atom. The Morgan fingerprint density at radius 3 is 2.83 bits per heavy atom. The van der Waals surface area contributed by atoms with E-state index in [-0.39, 0.29) is 0 Å². The molecule has 12 heavy (non-hydrogen) atoms. The molecule has 0 saturated carbocycles. The highest BCUT2D eigenvalue weighted by Crippen LogP contribution is 1.99. The van der Waals surface area contributed by atoms with Gasteiger partial charge in [-0.2, -0.15) is 15.6 Å². The first-order chi connectivity index (χ1) is 5.74. The maximum Gasteiger partial charge on any atom is 0.185 e. The number of hydrogen-bond donors (Lipinski definition) is 1. The molecule has 5 nitrogen and oxygen atoms in total. The molecule has 0 aromatic carbocycles. The molecule has 1 heterocycles. The van der Waals surface area contributed by atoms with Gasteiger partial charge in [-0.3, -0.25) is 0 Å². The number of aromatic nitrogens is 3. The van der Waals surface area contributed by atoms with Gasteiger partial charge in [0.05, 0.1) is 0 Å². The fraction of sp³-hybridized carbons (Fsp3) is 0.571. The van der Waals surface area contributed by atoms with E-state index in [0.29, 0.717) is 5.69 Å². The molecule has 0 fully saturated rings. The fourth-order valence-electron chi connectivity index (χ4n) is 0.846. The van der Waals surface area contributed by atoms with Crippen LogP contribution >= 0.6 is 0 Å². The summed E-state index contributed by atoms with van der Waals surface area (Å²) in [6.45, 7) is 0.876. The molecule has 0 radical (unpaired) electrons. The van der Waals surface area contributed by atoms with Gasteiger partial charge in [-0.05, 0) is 14.1 Å². The lowest BCUT2D eigenvalue weighted by Gasteiger charge is -2.06. The van der Waals surface area contributed by atoms with Crippen LogP contribution in [0.1, 0.15) is 11.4 Å². The first-order valence-electron chi connectivity index (χ1n) is 3.68. The van der Waals surface area contributed by atoms with Crippen LogP contribution in [0.15, 0.2) is 0 Å². The largest absolute Gasteiger partial charge is 0.309 e. The second-order valence-corrected chi connectivity index (χ2v) is 2.78. The van der Waals surface area contributed by atoms with Crippen LogP contribution in [0, 0.1) is 11.3 Å². The Morgan fingerprint density at radius 1 is 1.50 bits per heavy atom. The first-order valence-corrected chi connectivity index (χ1v) is 3.68. The van der Waals surface area contributed by atoms with Crippen LogP contribution in [0.5, 0.6) is 0 Å². The first kappa shape index (κ1) is 8.68. The highest BCUT2D eigenvalue weighted by atomic mass is 15.3. The zero-order valence-electron chi connectivity index (χ0n) is 7.20. The molecule has 1 N–H and O–H groups in total. The summed E-state index contributed by atoms with van der Waals surface area (Å²) in [6.07, 6.45) is 0.756. The third-order valence-corrected chi connectivity index (χ3v) is 1.52. The summed E-state index contributed by atoms with van der Waals surface area (Å²) in [5, 5.41) is 18.6. The molecule has 0 aliphatic rings. The summed E-state index contributed by atoms with van der Waals surface area (Å²) in [4.78, 5) is 2.04. The minimum absolute atomic E-state index is 0.400. The number of aromatic amines is 1. The predicted octanol–water partition coefficient (Wildman–Crippen LogP) is -0.220. The minimum atomic E-state index is 0.400. The SMILES string of the molecule is CN(C)CCc1n[nH]nc1C#N. The molecule has 0 saturated heterocycles. The van der Waals surface area contributed by atoms with Crippen LogP contribution in [0.25, 0.3) is 0 Å². The molecule has 1 aromatic rings. The summed E-state index contributed by atoms with van der Waals surface area (Å²) >= 11 is 0. The van der Waals surface area contributed by atoms with E-state index in [2.05, 4.69) is 15.4 Å². The Bertz CT molecular complexity index is 282. The molecule has 0 spiro atoms. The van der Waals surface area contributed by atoms with E-state index < -0.39 is 0 Å². The Balaban J connectivity index is 2.58. The Hall–Kier alpha value is -1.41. The molecule has 5 heteroatoms. The van der Waals surface area contributed by atoms with Crippen molar-refractivity contribution in [3.63, 3.8) is 0 Å². The van der Waals surface area contributed by atoms with E-state index in [4.69, 9.17) is 5.26 Å². The summed E-state index contributed by atoms with van der Waals surface area (Å²) in [6, 6.07) is 1.98. The number of nitrogens with zero attached hydrogens (tertiary/aromatic N) is 4. The van der Waals surface area contributed by atoms with Crippen LogP contribution in [0.4, 0.5) is 0 Å². The molecule has 64 valence electrons. The molecule has 0 unspecified atom stereocenters. The van der Waals surface area contributed by atoms with E-state index in [9.17, 15) is 0 Å². The van der Waals surface area contributed by atoms with Crippen molar-refractivity contribution < 1.29 is 0 Å². The molecular weight excluding hydrogens is 154 g/mol. The van der Waals surface area contributed by atoms with Crippen molar-refractivity contribution >= 4 is 0 Å². The molecular formula is C7H11N5. The van der Waals surface area contributed by atoms with Crippen molar-refractivity contribution in [2.24, 2.45) is 0 Å². The van der Waals surface area contributed by atoms with Crippen LogP contribution in [-0.2, 0) is 6.42 Å². The number of nitrogens with one attached hydrogen (secondary N) is 1. The number of likely N-dealkylation sites (N-methyl/N-ethyl adjacent to an activating group) is 1. The Labute approximate surface area is 71.0 Å². The lowest BCUT2D eigenvalue weighted by molar-refractivity contribution is 0.411. The zero-order valence-corrected chi connectivity index (χ0v) is 7.20. The van der Waals surface area contributed by atoms with Crippen LogP contribution < -0.4 is 0 Å². The number of rotatable bonds is 3. The highest BCUT2D eigenvalue weighted by molar-refractivity contribution is 5.23. The van der Waals surface area contributed by atoms with Crippen molar-refractivity contribution in [1.82, 2.24) is 20.3 Å². The smallest absolute Gasteiger partial charge is 0.185 e. The van der Waals surface area contributed by atoms with Crippen molar-refractivity contribution in [3.8, 4) is 6.07 Å². The van der Waals surface area contributed by atoms with Gasteiger partial charge in [0.15, 0.2) is 5.69 Å². The van der Waals surface area contributed by atoms with Crippen molar-refractivity contribution in [2.45, 2.75) is 6.42 Å². The van der Waals surface area contributed by atoms with Crippen LogP contribution in [0.2, 0.25) is 0 Å². The lowest BCUT2D eigenvalue weighted by Crippen LogP contribution is -2.15. The molecule has 0 bridgehead atoms. The van der Waals surface area contributed by atoms with Gasteiger partial charge in [0.25, 0.3) is 0 Å². The van der Waals surface area contributed by atoms with E-state index in [1.54, 1.807) is 0 Å². The average molecular weight is 165 g/mol. The van der Waals surface area contributed by atoms with Gasteiger partial charge in [0, 0.05) is 13.0 Å². The summed E-state index contributed by atoms with van der Waals surface area (Å²) < 4.78 is 0. The molecule has 0 aliphatic heterocycles. The molecule has 0 atom stereocenters. The summed E-state index contributed by atoms with van der Waals surface area (Å²) in [5.41, 5.74) is 1.14. The van der Waals surface area contributed by atoms with Gasteiger partial charge in [-0.1, -0.05) is 0 Å². The van der Waals surface area contributed by atoms with Crippen molar-refractivity contribution in [1.29, 1.82) is 5.26 Å². The molecule has 0 amide bonds. The number of H-pyrrole nitrogens is 1. The Kier molecular flexibility index (Phi) is 2.77. The van der Waals surface area contributed by atoms with Gasteiger partial charge in [-0.15, -0.1) is 5.10 Å². The van der Waals surface area contributed by atoms with Gasteiger partial charge >= 0.3 is 0 Å². The van der Waals surface area contributed by atoms with Gasteiger partial charge in [-0.25, -0.2) is 0 Å². The maximum absolute atomic E-state index is 8.59. The van der Waals surface area contributed by atoms with Gasteiger partial charge in [0.1, 0.15) is 11.8 Å². The van der Waals surface area contributed by atoms with E-state index in [1.165, 1.54) is 0 Å². The quantitative estimate of drug-likeness (QED) is 0.672. The fourth-order valence-corrected chi connectivity index (χ4v) is 0.846. The van der Waals surface area contributed by atoms with E-state index >= 15 is 0 Å². The molecule has 0 aliphatic carbocycles. The number of hydrogen-bond acceptors (Lipinski definition) is 4. The van der Waals surface area contributed by atoms with E-state index in [1.807, 2.05) is 25.1 Å². The second kappa shape index (κ2) is 3.83. The standard InChI is InChI=1S/C7H11N5/c1-12(2)4-3-6-7(5-8)10-11-9-6/h3-4H2,1-2H3,(H,9,10,11). The highest BCUT2D eigenvalue weighted by Gasteiger charge is 2.05. The normalized spacial score (nSPS) is 10.2. The predicted molar refractivity (Wildman–Crippen MR) is 43.4 cm³/mol. The zero-order chi connectivity index (χ0) is 8.97. The van der Waals surface area contributed by atoms with Crippen molar-refractivity contribution in [2.75, 3.05) is 20.6 Å². The van der Waals surface area contributed by atoms with Gasteiger partial charge in [0.2, 0.25) is 0 Å². The third kappa shape index (κ3) is 2.04. The molecule has 1 aromatic heterocycles. The molecule has 1 rings (SSSR count). The summed E-state index contributed by atoms with van der Waals surface area (Å²) in [5.74, 6) is 0. The maximum atomic E-state index is 8.59. The minimum Gasteiger partial charge on any atom is -0.309 e. The number of nitriles is 1. The van der Waals surface area contributed by atoms with Gasteiger partial charge < -0.3 is 4.90 Å². The lowest BCUT2D eigenvalue weighted by atomic mass is 10.2. The topological polar surface area (TPSA) is 68.6 Å². The van der Waals surface area contributed by atoms with Crippen molar-refractivity contribution in [3.05, 3.63) is 11.4 Å². The van der Waals surface area contributed by atoms with Crippen LogP contribution in [0.3, 0.4) is 0 Å². The second-order valence-electron chi connectivity index (χ2n) is 2.78. The van der Waals surface area contributed by atoms with E-state index in [0.717, 1.165) is 18.7 Å². The van der Waals surface area contributed by atoms with Crippen LogP contribution in [-0.4, -0.2) is 41.0 Å².